The number of amides is 1. The summed E-state index contributed by atoms with van der Waals surface area (Å²) in [6, 6.07) is 2.31. The Kier molecular flexibility index (Phi) is 2.89. The third-order valence-corrected chi connectivity index (χ3v) is 2.78. The number of carbonyl (C=O) groups excluding carboxylic acids is 2. The highest BCUT2D eigenvalue weighted by atomic mass is 35.5. The fourth-order valence-corrected chi connectivity index (χ4v) is 2.03. The van der Waals surface area contributed by atoms with E-state index in [-0.39, 0.29) is 22.8 Å². The van der Waals surface area contributed by atoms with Crippen molar-refractivity contribution in [3.8, 4) is 0 Å². The Morgan fingerprint density at radius 1 is 1.47 bits per heavy atom. The van der Waals surface area contributed by atoms with E-state index >= 15 is 0 Å². The van der Waals surface area contributed by atoms with E-state index in [0.29, 0.717) is 0 Å². The molecular formula is C11H9ClFNO3. The first kappa shape index (κ1) is 12.0. The summed E-state index contributed by atoms with van der Waals surface area (Å²) >= 11 is 5.77. The van der Waals surface area contributed by atoms with Gasteiger partial charge in [-0.1, -0.05) is 11.6 Å². The summed E-state index contributed by atoms with van der Waals surface area (Å²) in [5.74, 6) is -2.41. The molecule has 1 atom stereocenters. The molecule has 0 radical (unpaired) electrons. The van der Waals surface area contributed by atoms with Gasteiger partial charge in [-0.25, -0.2) is 4.39 Å². The molecule has 1 aliphatic heterocycles. The van der Waals surface area contributed by atoms with E-state index < -0.39 is 23.6 Å². The third-order valence-electron chi connectivity index (χ3n) is 2.46. The van der Waals surface area contributed by atoms with E-state index in [9.17, 15) is 19.1 Å². The van der Waals surface area contributed by atoms with Crippen molar-refractivity contribution in [3.05, 3.63) is 28.5 Å². The summed E-state index contributed by atoms with van der Waals surface area (Å²) in [5.41, 5.74) is -0.272. The molecule has 6 heteroatoms. The van der Waals surface area contributed by atoms with Gasteiger partial charge in [0.05, 0.1) is 28.9 Å². The number of benzene rings is 1. The summed E-state index contributed by atoms with van der Waals surface area (Å²) in [4.78, 5) is 24.2. The first-order valence-electron chi connectivity index (χ1n) is 4.95. The lowest BCUT2D eigenvalue weighted by Gasteiger charge is -2.18. The fourth-order valence-electron chi connectivity index (χ4n) is 1.79. The molecule has 1 aliphatic rings. The second kappa shape index (κ2) is 4.09. The van der Waals surface area contributed by atoms with Gasteiger partial charge in [0, 0.05) is 0 Å². The Labute approximate surface area is 102 Å². The first-order chi connectivity index (χ1) is 7.93. The number of hydrogen-bond donors (Lipinski definition) is 1. The molecule has 0 saturated carbocycles. The number of anilines is 1. The van der Waals surface area contributed by atoms with Crippen LogP contribution >= 0.6 is 11.6 Å². The van der Waals surface area contributed by atoms with E-state index in [4.69, 9.17) is 11.6 Å². The number of β-amino-alcohol motifs (C(OH)–C–C–N with tert-alkyl or cyclic N) is 1. The van der Waals surface area contributed by atoms with Crippen molar-refractivity contribution in [2.24, 2.45) is 0 Å². The highest BCUT2D eigenvalue weighted by molar-refractivity contribution is 6.55. The molecule has 1 aromatic rings. The predicted octanol–water partition coefficient (Wildman–Crippen LogP) is 1.39. The number of carbonyl (C=O) groups is 2. The van der Waals surface area contributed by atoms with E-state index in [2.05, 4.69) is 0 Å². The number of ketones is 1. The Hall–Kier alpha value is -1.46. The molecule has 4 nitrogen and oxygen atoms in total. The van der Waals surface area contributed by atoms with Crippen molar-refractivity contribution < 1.29 is 19.1 Å². The first-order valence-corrected chi connectivity index (χ1v) is 5.33. The minimum absolute atomic E-state index is 0.0350. The lowest BCUT2D eigenvalue weighted by molar-refractivity contribution is -0.114. The zero-order valence-corrected chi connectivity index (χ0v) is 9.66. The second-order valence-corrected chi connectivity index (χ2v) is 4.25. The zero-order valence-electron chi connectivity index (χ0n) is 8.91. The molecule has 0 bridgehead atoms. The molecule has 17 heavy (non-hydrogen) atoms. The molecule has 1 unspecified atom stereocenters. The van der Waals surface area contributed by atoms with Gasteiger partial charge in [0.15, 0.2) is 0 Å². The normalized spacial score (nSPS) is 16.4. The SMILES string of the molecule is CC(O)CN1C(=O)C(=O)c2c(Cl)ccc(F)c21. The molecule has 0 fully saturated rings. The predicted molar refractivity (Wildman–Crippen MR) is 59.8 cm³/mol. The quantitative estimate of drug-likeness (QED) is 0.815. The number of hydrogen-bond acceptors (Lipinski definition) is 3. The van der Waals surface area contributed by atoms with Gasteiger partial charge in [-0.15, -0.1) is 0 Å². The lowest BCUT2D eigenvalue weighted by Crippen LogP contribution is -2.35. The molecule has 2 rings (SSSR count). The van der Waals surface area contributed by atoms with Crippen LogP contribution in [0.15, 0.2) is 12.1 Å². The molecule has 0 aliphatic carbocycles. The van der Waals surface area contributed by atoms with Crippen LogP contribution in [0, 0.1) is 5.82 Å². The van der Waals surface area contributed by atoms with Gasteiger partial charge in [0.25, 0.3) is 11.7 Å². The number of fused-ring (bicyclic) bond motifs is 1. The van der Waals surface area contributed by atoms with Gasteiger partial charge in [0.2, 0.25) is 0 Å². The monoisotopic (exact) mass is 257 g/mol. The summed E-state index contributed by atoms with van der Waals surface area (Å²) in [6.07, 6.45) is -0.865. The van der Waals surface area contributed by atoms with Crippen LogP contribution in [-0.2, 0) is 4.79 Å². The average molecular weight is 258 g/mol. The Balaban J connectivity index is 2.59. The molecule has 0 aromatic heterocycles. The smallest absolute Gasteiger partial charge is 0.299 e. The van der Waals surface area contributed by atoms with Crippen LogP contribution in [-0.4, -0.2) is 29.4 Å². The summed E-state index contributed by atoms with van der Waals surface area (Å²) in [6.45, 7) is 1.30. The summed E-state index contributed by atoms with van der Waals surface area (Å²) < 4.78 is 13.6. The Morgan fingerprint density at radius 2 is 2.12 bits per heavy atom. The molecule has 1 heterocycles. The largest absolute Gasteiger partial charge is 0.392 e. The minimum Gasteiger partial charge on any atom is -0.392 e. The number of nitrogens with zero attached hydrogens (tertiary/aromatic N) is 1. The van der Waals surface area contributed by atoms with Gasteiger partial charge in [-0.3, -0.25) is 14.5 Å². The molecular weight excluding hydrogens is 249 g/mol. The van der Waals surface area contributed by atoms with Crippen molar-refractivity contribution in [3.63, 3.8) is 0 Å². The number of rotatable bonds is 2. The lowest BCUT2D eigenvalue weighted by atomic mass is 10.1. The Bertz CT molecular complexity index is 516. The Morgan fingerprint density at radius 3 is 2.71 bits per heavy atom. The van der Waals surface area contributed by atoms with E-state index in [1.807, 2.05) is 0 Å². The maximum atomic E-state index is 13.6. The van der Waals surface area contributed by atoms with Gasteiger partial charge >= 0.3 is 0 Å². The molecule has 0 saturated heterocycles. The van der Waals surface area contributed by atoms with Crippen molar-refractivity contribution in [2.45, 2.75) is 13.0 Å². The van der Waals surface area contributed by atoms with Crippen LogP contribution in [0.2, 0.25) is 5.02 Å². The van der Waals surface area contributed by atoms with Gasteiger partial charge < -0.3 is 5.11 Å². The van der Waals surface area contributed by atoms with Crippen molar-refractivity contribution >= 4 is 29.0 Å². The zero-order chi connectivity index (χ0) is 12.7. The molecule has 0 spiro atoms. The number of Topliss-reactive ketones (excluding diaryl/α,β-unsaturated/α-hetero) is 1. The molecule has 90 valence electrons. The van der Waals surface area contributed by atoms with Gasteiger partial charge in [0.1, 0.15) is 5.82 Å². The maximum Gasteiger partial charge on any atom is 0.299 e. The molecule has 1 amide bonds. The van der Waals surface area contributed by atoms with E-state index in [1.54, 1.807) is 0 Å². The fraction of sp³-hybridized carbons (Fsp3) is 0.273. The van der Waals surface area contributed by atoms with Crippen LogP contribution in [0.25, 0.3) is 0 Å². The van der Waals surface area contributed by atoms with Crippen LogP contribution in [0.3, 0.4) is 0 Å². The highest BCUT2D eigenvalue weighted by Gasteiger charge is 2.40. The van der Waals surface area contributed by atoms with Crippen molar-refractivity contribution in [1.82, 2.24) is 0 Å². The van der Waals surface area contributed by atoms with Crippen LogP contribution < -0.4 is 4.90 Å². The highest BCUT2D eigenvalue weighted by Crippen LogP contribution is 2.36. The summed E-state index contributed by atoms with van der Waals surface area (Å²) in [7, 11) is 0. The standard InChI is InChI=1S/C11H9ClFNO3/c1-5(15)4-14-9-7(13)3-2-6(12)8(9)10(16)11(14)17/h2-3,5,15H,4H2,1H3. The average Bonchev–Trinajstić information content (AvgIpc) is 2.49. The van der Waals surface area contributed by atoms with Crippen LogP contribution in [0.4, 0.5) is 10.1 Å². The molecule has 1 N–H and O–H groups in total. The molecule has 1 aromatic carbocycles. The van der Waals surface area contributed by atoms with E-state index in [1.165, 1.54) is 13.0 Å². The maximum absolute atomic E-state index is 13.6. The van der Waals surface area contributed by atoms with Crippen molar-refractivity contribution in [2.75, 3.05) is 11.4 Å². The third kappa shape index (κ3) is 1.81. The van der Waals surface area contributed by atoms with Crippen molar-refractivity contribution in [1.29, 1.82) is 0 Å². The van der Waals surface area contributed by atoms with E-state index in [0.717, 1.165) is 11.0 Å². The topological polar surface area (TPSA) is 57.6 Å². The minimum atomic E-state index is -0.868. The number of halogens is 2. The van der Waals surface area contributed by atoms with Gasteiger partial charge in [-0.05, 0) is 19.1 Å². The van der Waals surface area contributed by atoms with Crippen LogP contribution in [0.1, 0.15) is 17.3 Å². The van der Waals surface area contributed by atoms with Crippen LogP contribution in [0.5, 0.6) is 0 Å². The summed E-state index contributed by atoms with van der Waals surface area (Å²) in [5, 5.41) is 9.28. The second-order valence-electron chi connectivity index (χ2n) is 3.85. The number of aliphatic hydroxyl groups excluding tert-OH is 1. The van der Waals surface area contributed by atoms with Gasteiger partial charge in [-0.2, -0.15) is 0 Å². The number of aliphatic hydroxyl groups is 1.